The summed E-state index contributed by atoms with van der Waals surface area (Å²) in [4.78, 5) is 19.0. The molecule has 1 heterocycles. The Bertz CT molecular complexity index is 337. The summed E-state index contributed by atoms with van der Waals surface area (Å²) in [5, 5.41) is 0. The van der Waals surface area contributed by atoms with Crippen LogP contribution in [0.1, 0.15) is 26.2 Å². The molecule has 1 unspecified atom stereocenters. The molecule has 1 aliphatic heterocycles. The molecule has 0 spiro atoms. The molecule has 0 radical (unpaired) electrons. The third kappa shape index (κ3) is 6.15. The minimum Gasteiger partial charge on any atom is -0.393 e. The van der Waals surface area contributed by atoms with Crippen LogP contribution < -0.4 is 5.73 Å². The Morgan fingerprint density at radius 3 is 2.75 bits per heavy atom. The zero-order valence-electron chi connectivity index (χ0n) is 13.0. The second kappa shape index (κ2) is 8.54. The Kier molecular flexibility index (Phi) is 7.40. The van der Waals surface area contributed by atoms with Gasteiger partial charge in [0.05, 0.1) is 4.99 Å². The van der Waals surface area contributed by atoms with E-state index in [4.69, 9.17) is 18.0 Å². The fourth-order valence-electron chi connectivity index (χ4n) is 2.59. The molecular weight excluding hydrogens is 272 g/mol. The number of hydrogen-bond acceptors (Lipinski definition) is 4. The summed E-state index contributed by atoms with van der Waals surface area (Å²) in [7, 11) is 3.98. The summed E-state index contributed by atoms with van der Waals surface area (Å²) in [6.07, 6.45) is 2.34. The maximum absolute atomic E-state index is 12.1. The number of amides is 1. The van der Waals surface area contributed by atoms with Gasteiger partial charge in [-0.3, -0.25) is 9.69 Å². The summed E-state index contributed by atoms with van der Waals surface area (Å²) < 4.78 is 0. The van der Waals surface area contributed by atoms with Gasteiger partial charge >= 0.3 is 0 Å². The Balaban J connectivity index is 2.33. The predicted molar refractivity (Wildman–Crippen MR) is 86.8 cm³/mol. The molecular formula is C14H28N4OS. The highest BCUT2D eigenvalue weighted by Crippen LogP contribution is 2.09. The molecule has 1 fully saturated rings. The largest absolute Gasteiger partial charge is 0.393 e. The quantitative estimate of drug-likeness (QED) is 0.726. The molecule has 0 aromatic rings. The molecule has 0 aromatic heterocycles. The molecule has 5 nitrogen and oxygen atoms in total. The van der Waals surface area contributed by atoms with E-state index in [-0.39, 0.29) is 5.91 Å². The standard InChI is InChI=1S/C14H28N4OS/c1-12-11-16(2)7-4-8-18(12)10-6-14(19)17(3)9-5-13(15)20/h12H,4-11H2,1-3H3,(H2,15,20). The first-order valence-corrected chi connectivity index (χ1v) is 7.76. The van der Waals surface area contributed by atoms with E-state index in [1.165, 1.54) is 6.42 Å². The zero-order valence-corrected chi connectivity index (χ0v) is 13.8. The number of nitrogens with zero attached hydrogens (tertiary/aromatic N) is 3. The maximum atomic E-state index is 12.1. The first-order chi connectivity index (χ1) is 9.40. The topological polar surface area (TPSA) is 52.8 Å². The molecule has 0 aliphatic carbocycles. The minimum absolute atomic E-state index is 0.172. The van der Waals surface area contributed by atoms with Crippen molar-refractivity contribution in [1.82, 2.24) is 14.7 Å². The van der Waals surface area contributed by atoms with Gasteiger partial charge in [-0.25, -0.2) is 0 Å². The fourth-order valence-corrected chi connectivity index (χ4v) is 2.68. The lowest BCUT2D eigenvalue weighted by atomic mass is 10.2. The van der Waals surface area contributed by atoms with Gasteiger partial charge in [-0.1, -0.05) is 12.2 Å². The molecule has 2 N–H and O–H groups in total. The van der Waals surface area contributed by atoms with E-state index in [0.717, 1.165) is 26.2 Å². The van der Waals surface area contributed by atoms with Crippen LogP contribution in [0.25, 0.3) is 0 Å². The molecule has 20 heavy (non-hydrogen) atoms. The lowest BCUT2D eigenvalue weighted by molar-refractivity contribution is -0.130. The molecule has 1 atom stereocenters. The SMILES string of the molecule is CC1CN(C)CCCN1CCC(=O)N(C)CCC(N)=S. The van der Waals surface area contributed by atoms with E-state index >= 15 is 0 Å². The van der Waals surface area contributed by atoms with Crippen LogP contribution in [-0.4, -0.2) is 78.5 Å². The highest BCUT2D eigenvalue weighted by atomic mass is 32.1. The minimum atomic E-state index is 0.172. The zero-order chi connectivity index (χ0) is 15.1. The molecule has 6 heteroatoms. The summed E-state index contributed by atoms with van der Waals surface area (Å²) >= 11 is 4.84. The lowest BCUT2D eigenvalue weighted by Crippen LogP contribution is -2.40. The van der Waals surface area contributed by atoms with Gasteiger partial charge < -0.3 is 15.5 Å². The van der Waals surface area contributed by atoms with Crippen molar-refractivity contribution >= 4 is 23.1 Å². The molecule has 1 rings (SSSR count). The fraction of sp³-hybridized carbons (Fsp3) is 0.857. The number of likely N-dealkylation sites (N-methyl/N-ethyl adjacent to an activating group) is 1. The molecule has 0 bridgehead atoms. The van der Waals surface area contributed by atoms with Crippen molar-refractivity contribution in [3.63, 3.8) is 0 Å². The summed E-state index contributed by atoms with van der Waals surface area (Å²) in [6, 6.07) is 0.511. The van der Waals surface area contributed by atoms with Crippen LogP contribution in [0, 0.1) is 0 Å². The van der Waals surface area contributed by atoms with Crippen LogP contribution in [0.3, 0.4) is 0 Å². The van der Waals surface area contributed by atoms with Crippen molar-refractivity contribution in [1.29, 1.82) is 0 Å². The van der Waals surface area contributed by atoms with Crippen LogP contribution in [-0.2, 0) is 4.79 Å². The van der Waals surface area contributed by atoms with Crippen molar-refractivity contribution in [3.05, 3.63) is 0 Å². The first-order valence-electron chi connectivity index (χ1n) is 7.35. The van der Waals surface area contributed by atoms with Crippen LogP contribution in [0.2, 0.25) is 0 Å². The maximum Gasteiger partial charge on any atom is 0.223 e. The number of carbonyl (C=O) groups excluding carboxylic acids is 1. The van der Waals surface area contributed by atoms with Gasteiger partial charge in [-0.15, -0.1) is 0 Å². The molecule has 0 aromatic carbocycles. The van der Waals surface area contributed by atoms with Gasteiger partial charge in [0.25, 0.3) is 0 Å². The van der Waals surface area contributed by atoms with E-state index in [1.807, 2.05) is 7.05 Å². The Labute approximate surface area is 128 Å². The van der Waals surface area contributed by atoms with Crippen molar-refractivity contribution in [2.45, 2.75) is 32.2 Å². The molecule has 116 valence electrons. The predicted octanol–water partition coefficient (Wildman–Crippen LogP) is 0.537. The van der Waals surface area contributed by atoms with Gasteiger partial charge in [0.2, 0.25) is 5.91 Å². The number of thiocarbonyl (C=S) groups is 1. The lowest BCUT2D eigenvalue weighted by Gasteiger charge is -2.28. The Morgan fingerprint density at radius 1 is 1.40 bits per heavy atom. The second-order valence-corrected chi connectivity index (χ2v) is 6.31. The average molecular weight is 300 g/mol. The average Bonchev–Trinajstić information content (AvgIpc) is 2.53. The van der Waals surface area contributed by atoms with E-state index in [9.17, 15) is 4.79 Å². The van der Waals surface area contributed by atoms with Crippen LogP contribution >= 0.6 is 12.2 Å². The summed E-state index contributed by atoms with van der Waals surface area (Å²) in [5.74, 6) is 0.172. The summed E-state index contributed by atoms with van der Waals surface area (Å²) in [5.41, 5.74) is 5.46. The van der Waals surface area contributed by atoms with Crippen molar-refractivity contribution in [2.24, 2.45) is 5.73 Å². The normalized spacial score (nSPS) is 21.4. The van der Waals surface area contributed by atoms with Crippen molar-refractivity contribution < 1.29 is 4.79 Å². The van der Waals surface area contributed by atoms with E-state index in [0.29, 0.717) is 30.4 Å². The molecule has 0 saturated carbocycles. The van der Waals surface area contributed by atoms with Crippen molar-refractivity contribution in [2.75, 3.05) is 46.8 Å². The third-order valence-electron chi connectivity index (χ3n) is 3.92. The molecule has 1 saturated heterocycles. The van der Waals surface area contributed by atoms with Crippen LogP contribution in [0.15, 0.2) is 0 Å². The van der Waals surface area contributed by atoms with Gasteiger partial charge in [0, 0.05) is 45.6 Å². The van der Waals surface area contributed by atoms with Crippen molar-refractivity contribution in [3.8, 4) is 0 Å². The van der Waals surface area contributed by atoms with E-state index < -0.39 is 0 Å². The van der Waals surface area contributed by atoms with E-state index in [2.05, 4.69) is 23.8 Å². The second-order valence-electron chi connectivity index (χ2n) is 5.78. The van der Waals surface area contributed by atoms with Gasteiger partial charge in [0.1, 0.15) is 0 Å². The number of nitrogens with two attached hydrogens (primary N) is 1. The first kappa shape index (κ1) is 17.3. The Hall–Kier alpha value is -0.720. The van der Waals surface area contributed by atoms with Gasteiger partial charge in [0.15, 0.2) is 0 Å². The Morgan fingerprint density at radius 2 is 2.10 bits per heavy atom. The molecule has 1 amide bonds. The van der Waals surface area contributed by atoms with Crippen LogP contribution in [0.5, 0.6) is 0 Å². The smallest absolute Gasteiger partial charge is 0.223 e. The highest BCUT2D eigenvalue weighted by molar-refractivity contribution is 7.80. The molecule has 1 aliphatic rings. The van der Waals surface area contributed by atoms with Gasteiger partial charge in [-0.2, -0.15) is 0 Å². The third-order valence-corrected chi connectivity index (χ3v) is 4.12. The van der Waals surface area contributed by atoms with Crippen LogP contribution in [0.4, 0.5) is 0 Å². The summed E-state index contributed by atoms with van der Waals surface area (Å²) in [6.45, 7) is 6.99. The van der Waals surface area contributed by atoms with E-state index in [1.54, 1.807) is 4.90 Å². The van der Waals surface area contributed by atoms with Gasteiger partial charge in [-0.05, 0) is 33.5 Å². The highest BCUT2D eigenvalue weighted by Gasteiger charge is 2.20. The number of rotatable bonds is 6. The number of hydrogen-bond donors (Lipinski definition) is 1. The monoisotopic (exact) mass is 300 g/mol. The number of carbonyl (C=O) groups is 1.